The molecule has 7 heteroatoms. The van der Waals surface area contributed by atoms with Crippen molar-refractivity contribution in [2.75, 3.05) is 19.3 Å². The maximum absolute atomic E-state index is 12.2. The summed E-state index contributed by atoms with van der Waals surface area (Å²) in [4.78, 5) is 12.2. The van der Waals surface area contributed by atoms with E-state index in [0.717, 1.165) is 11.8 Å². The van der Waals surface area contributed by atoms with Crippen LogP contribution in [0.1, 0.15) is 18.4 Å². The minimum atomic E-state index is -3.27. The Bertz CT molecular complexity index is 644. The van der Waals surface area contributed by atoms with Crippen molar-refractivity contribution in [2.45, 2.75) is 19.8 Å². The van der Waals surface area contributed by atoms with Gasteiger partial charge in [-0.2, -0.15) is 0 Å². The smallest absolute Gasteiger partial charge is 0.315 e. The molecule has 21 heavy (non-hydrogen) atoms. The molecule has 0 radical (unpaired) electrons. The maximum atomic E-state index is 12.2. The SMILES string of the molecule is Cc1cc(Cl)ccc1OC(=O)C1CCCN(S(C)(=O)=O)C1. The highest BCUT2D eigenvalue weighted by Gasteiger charge is 2.31. The highest BCUT2D eigenvalue weighted by molar-refractivity contribution is 7.88. The number of hydrogen-bond acceptors (Lipinski definition) is 4. The standard InChI is InChI=1S/C14H18ClNO4S/c1-10-8-12(15)5-6-13(10)20-14(17)11-4-3-7-16(9-11)21(2,18)19/h5-6,8,11H,3-4,7,9H2,1-2H3. The first-order valence-electron chi connectivity index (χ1n) is 6.70. The number of esters is 1. The normalized spacial score (nSPS) is 20.2. The average molecular weight is 332 g/mol. The molecule has 0 bridgehead atoms. The Morgan fingerprint density at radius 3 is 2.76 bits per heavy atom. The third-order valence-electron chi connectivity index (χ3n) is 3.53. The lowest BCUT2D eigenvalue weighted by Gasteiger charge is -2.29. The molecule has 0 spiro atoms. The number of halogens is 1. The topological polar surface area (TPSA) is 63.7 Å². The van der Waals surface area contributed by atoms with Crippen LogP contribution >= 0.6 is 11.6 Å². The van der Waals surface area contributed by atoms with E-state index >= 15 is 0 Å². The summed E-state index contributed by atoms with van der Waals surface area (Å²) in [5.41, 5.74) is 0.770. The Labute approximate surface area is 129 Å². The third kappa shape index (κ3) is 4.18. The quantitative estimate of drug-likeness (QED) is 0.629. The molecular formula is C14H18ClNO4S. The van der Waals surface area contributed by atoms with Gasteiger partial charge in [0.15, 0.2) is 0 Å². The predicted molar refractivity (Wildman–Crippen MR) is 81.0 cm³/mol. The van der Waals surface area contributed by atoms with Gasteiger partial charge in [0, 0.05) is 18.1 Å². The third-order valence-corrected chi connectivity index (χ3v) is 5.04. The Kier molecular flexibility index (Phi) is 4.91. The number of ether oxygens (including phenoxy) is 1. The van der Waals surface area contributed by atoms with Crippen molar-refractivity contribution >= 4 is 27.6 Å². The van der Waals surface area contributed by atoms with Crippen molar-refractivity contribution in [1.29, 1.82) is 0 Å². The maximum Gasteiger partial charge on any atom is 0.315 e. The van der Waals surface area contributed by atoms with Crippen LogP contribution in [0, 0.1) is 12.8 Å². The fraction of sp³-hybridized carbons (Fsp3) is 0.500. The molecule has 5 nitrogen and oxygen atoms in total. The van der Waals surface area contributed by atoms with Gasteiger partial charge in [0.2, 0.25) is 10.0 Å². The van der Waals surface area contributed by atoms with Crippen molar-refractivity contribution in [3.05, 3.63) is 28.8 Å². The number of nitrogens with zero attached hydrogens (tertiary/aromatic N) is 1. The molecule has 0 N–H and O–H groups in total. The lowest BCUT2D eigenvalue weighted by atomic mass is 10.00. The van der Waals surface area contributed by atoms with Crippen LogP contribution in [0.2, 0.25) is 5.02 Å². The first-order chi connectivity index (χ1) is 9.77. The van der Waals surface area contributed by atoms with Gasteiger partial charge in [0.25, 0.3) is 0 Å². The van der Waals surface area contributed by atoms with Crippen molar-refractivity contribution in [3.63, 3.8) is 0 Å². The minimum absolute atomic E-state index is 0.185. The first-order valence-corrected chi connectivity index (χ1v) is 8.93. The predicted octanol–water partition coefficient (Wildman–Crippen LogP) is 2.23. The zero-order chi connectivity index (χ0) is 15.6. The molecule has 116 valence electrons. The van der Waals surface area contributed by atoms with E-state index in [1.54, 1.807) is 25.1 Å². The van der Waals surface area contributed by atoms with Crippen LogP contribution in [-0.2, 0) is 14.8 Å². The van der Waals surface area contributed by atoms with Crippen molar-refractivity contribution in [2.24, 2.45) is 5.92 Å². The van der Waals surface area contributed by atoms with Gasteiger partial charge in [0.1, 0.15) is 5.75 Å². The van der Waals surface area contributed by atoms with Gasteiger partial charge in [-0.1, -0.05) is 11.6 Å². The summed E-state index contributed by atoms with van der Waals surface area (Å²) in [7, 11) is -3.27. The molecule has 0 saturated carbocycles. The number of hydrogen-bond donors (Lipinski definition) is 0. The first kappa shape index (κ1) is 16.3. The molecule has 1 aliphatic rings. The van der Waals surface area contributed by atoms with E-state index < -0.39 is 21.9 Å². The van der Waals surface area contributed by atoms with Gasteiger partial charge >= 0.3 is 5.97 Å². The van der Waals surface area contributed by atoms with Gasteiger partial charge in [0.05, 0.1) is 12.2 Å². The van der Waals surface area contributed by atoms with E-state index in [1.165, 1.54) is 4.31 Å². The molecule has 0 aromatic heterocycles. The van der Waals surface area contributed by atoms with Crippen LogP contribution in [0.4, 0.5) is 0 Å². The van der Waals surface area contributed by atoms with Gasteiger partial charge in [-0.3, -0.25) is 4.79 Å². The van der Waals surface area contributed by atoms with E-state index in [0.29, 0.717) is 30.2 Å². The number of aryl methyl sites for hydroxylation is 1. The summed E-state index contributed by atoms with van der Waals surface area (Å²) in [6, 6.07) is 5.02. The summed E-state index contributed by atoms with van der Waals surface area (Å²) in [5, 5.41) is 0.577. The minimum Gasteiger partial charge on any atom is -0.426 e. The second-order valence-electron chi connectivity index (χ2n) is 5.29. The van der Waals surface area contributed by atoms with Crippen LogP contribution in [0.5, 0.6) is 5.75 Å². The molecule has 1 aromatic carbocycles. The van der Waals surface area contributed by atoms with Gasteiger partial charge in [-0.05, 0) is 43.5 Å². The molecule has 0 aliphatic carbocycles. The highest BCUT2D eigenvalue weighted by atomic mass is 35.5. The molecule has 1 fully saturated rings. The summed E-state index contributed by atoms with van der Waals surface area (Å²) in [6.45, 7) is 2.45. The molecular weight excluding hydrogens is 314 g/mol. The van der Waals surface area contributed by atoms with Crippen LogP contribution in [0.25, 0.3) is 0 Å². The lowest BCUT2D eigenvalue weighted by Crippen LogP contribution is -2.42. The van der Waals surface area contributed by atoms with Crippen molar-refractivity contribution in [3.8, 4) is 5.75 Å². The van der Waals surface area contributed by atoms with Gasteiger partial charge in [-0.25, -0.2) is 12.7 Å². The Morgan fingerprint density at radius 1 is 1.43 bits per heavy atom. The zero-order valence-electron chi connectivity index (χ0n) is 12.0. The van der Waals surface area contributed by atoms with E-state index in [9.17, 15) is 13.2 Å². The summed E-state index contributed by atoms with van der Waals surface area (Å²) in [6.07, 6.45) is 2.45. The molecule has 2 rings (SSSR count). The van der Waals surface area contributed by atoms with Gasteiger partial charge < -0.3 is 4.74 Å². The molecule has 1 unspecified atom stereocenters. The number of sulfonamides is 1. The monoisotopic (exact) mass is 331 g/mol. The van der Waals surface area contributed by atoms with E-state index in [2.05, 4.69) is 0 Å². The van der Waals surface area contributed by atoms with Crippen molar-refractivity contribution in [1.82, 2.24) is 4.31 Å². The van der Waals surface area contributed by atoms with Crippen LogP contribution in [0.15, 0.2) is 18.2 Å². The number of piperidine rings is 1. The average Bonchev–Trinajstić information content (AvgIpc) is 2.41. The molecule has 0 amide bonds. The second-order valence-corrected chi connectivity index (χ2v) is 7.71. The highest BCUT2D eigenvalue weighted by Crippen LogP contribution is 2.25. The summed E-state index contributed by atoms with van der Waals surface area (Å²) >= 11 is 5.86. The fourth-order valence-corrected chi connectivity index (χ4v) is 3.49. The van der Waals surface area contributed by atoms with Crippen LogP contribution in [-0.4, -0.2) is 38.0 Å². The molecule has 1 atom stereocenters. The van der Waals surface area contributed by atoms with Crippen LogP contribution in [0.3, 0.4) is 0 Å². The van der Waals surface area contributed by atoms with E-state index in [-0.39, 0.29) is 6.54 Å². The van der Waals surface area contributed by atoms with Crippen LogP contribution < -0.4 is 4.74 Å². The molecule has 1 aliphatic heterocycles. The molecule has 1 saturated heterocycles. The second kappa shape index (κ2) is 6.34. The zero-order valence-corrected chi connectivity index (χ0v) is 13.6. The number of carbonyl (C=O) groups is 1. The van der Waals surface area contributed by atoms with E-state index in [4.69, 9.17) is 16.3 Å². The Hall–Kier alpha value is -1.11. The fourth-order valence-electron chi connectivity index (χ4n) is 2.36. The number of rotatable bonds is 3. The lowest BCUT2D eigenvalue weighted by molar-refractivity contribution is -0.140. The Balaban J connectivity index is 2.06. The summed E-state index contributed by atoms with van der Waals surface area (Å²) < 4.78 is 29.8. The molecule has 1 aromatic rings. The molecule has 1 heterocycles. The summed E-state index contributed by atoms with van der Waals surface area (Å²) in [5.74, 6) is -0.363. The van der Waals surface area contributed by atoms with E-state index in [1.807, 2.05) is 0 Å². The largest absolute Gasteiger partial charge is 0.426 e. The number of carbonyl (C=O) groups excluding carboxylic acids is 1. The van der Waals surface area contributed by atoms with Crippen molar-refractivity contribution < 1.29 is 17.9 Å². The Morgan fingerprint density at radius 2 is 2.14 bits per heavy atom. The van der Waals surface area contributed by atoms with Gasteiger partial charge in [-0.15, -0.1) is 0 Å². The number of benzene rings is 1.